The van der Waals surface area contributed by atoms with E-state index in [0.29, 0.717) is 11.4 Å². The molecule has 0 unspecified atom stereocenters. The smallest absolute Gasteiger partial charge is 0.221 e. The van der Waals surface area contributed by atoms with Crippen molar-refractivity contribution in [2.75, 3.05) is 0 Å². The fraction of sp³-hybridized carbons (Fsp3) is 0.455. The normalized spacial score (nSPS) is 10.6. The van der Waals surface area contributed by atoms with Crippen molar-refractivity contribution in [3.05, 3.63) is 23.0 Å². The van der Waals surface area contributed by atoms with Gasteiger partial charge in [0.2, 0.25) is 11.8 Å². The van der Waals surface area contributed by atoms with E-state index in [2.05, 4.69) is 10.6 Å². The average molecular weight is 210 g/mol. The van der Waals surface area contributed by atoms with Gasteiger partial charge < -0.3 is 10.6 Å². The average Bonchev–Trinajstić information content (AvgIpc) is 2.09. The maximum Gasteiger partial charge on any atom is 0.221 e. The van der Waals surface area contributed by atoms with Gasteiger partial charge in [0, 0.05) is 13.8 Å². The zero-order valence-corrected chi connectivity index (χ0v) is 9.89. The van der Waals surface area contributed by atoms with Gasteiger partial charge in [-0.1, -0.05) is 11.6 Å². The van der Waals surface area contributed by atoms with Crippen molar-refractivity contribution >= 4 is 11.8 Å². The standard InChI is InChI=1S/C11H18N2O2/c1-6-10(12-8(4)14)11(7(2)3)13-9(5)15/h6H,1-5H3,(H,12,14)(H,13,15). The van der Waals surface area contributed by atoms with Crippen LogP contribution in [0, 0.1) is 0 Å². The Bertz CT molecular complexity index is 323. The second-order valence-corrected chi connectivity index (χ2v) is 3.44. The molecule has 0 heterocycles. The number of hydrogen-bond donors (Lipinski definition) is 2. The van der Waals surface area contributed by atoms with Gasteiger partial charge in [-0.2, -0.15) is 0 Å². The lowest BCUT2D eigenvalue weighted by molar-refractivity contribution is -0.119. The zero-order valence-electron chi connectivity index (χ0n) is 9.89. The molecular weight excluding hydrogens is 192 g/mol. The van der Waals surface area contributed by atoms with Crippen LogP contribution < -0.4 is 10.6 Å². The number of carbonyl (C=O) groups is 2. The van der Waals surface area contributed by atoms with Gasteiger partial charge in [-0.15, -0.1) is 0 Å². The molecule has 84 valence electrons. The van der Waals surface area contributed by atoms with E-state index in [9.17, 15) is 9.59 Å². The molecule has 0 aliphatic carbocycles. The molecule has 0 aromatic rings. The quantitative estimate of drug-likeness (QED) is 0.693. The number of nitrogens with one attached hydrogen (secondary N) is 2. The second kappa shape index (κ2) is 6.01. The summed E-state index contributed by atoms with van der Waals surface area (Å²) in [5.74, 6) is -0.317. The predicted molar refractivity (Wildman–Crippen MR) is 59.8 cm³/mol. The van der Waals surface area contributed by atoms with Crippen LogP contribution in [0.25, 0.3) is 0 Å². The largest absolute Gasteiger partial charge is 0.325 e. The van der Waals surface area contributed by atoms with E-state index < -0.39 is 0 Å². The van der Waals surface area contributed by atoms with E-state index in [1.165, 1.54) is 13.8 Å². The van der Waals surface area contributed by atoms with Crippen molar-refractivity contribution in [3.8, 4) is 0 Å². The van der Waals surface area contributed by atoms with Gasteiger partial charge in [0.05, 0.1) is 11.4 Å². The van der Waals surface area contributed by atoms with Crippen LogP contribution in [0.1, 0.15) is 34.6 Å². The highest BCUT2D eigenvalue weighted by Crippen LogP contribution is 2.09. The van der Waals surface area contributed by atoms with Crippen molar-refractivity contribution in [2.45, 2.75) is 34.6 Å². The van der Waals surface area contributed by atoms with Crippen LogP contribution in [0.5, 0.6) is 0 Å². The molecule has 0 aliphatic rings. The van der Waals surface area contributed by atoms with Gasteiger partial charge in [-0.25, -0.2) is 0 Å². The maximum absolute atomic E-state index is 11.0. The van der Waals surface area contributed by atoms with Crippen molar-refractivity contribution in [3.63, 3.8) is 0 Å². The molecule has 0 aliphatic heterocycles. The van der Waals surface area contributed by atoms with Crippen LogP contribution in [-0.4, -0.2) is 11.8 Å². The number of carbonyl (C=O) groups excluding carboxylic acids is 2. The third kappa shape index (κ3) is 5.00. The van der Waals surface area contributed by atoms with Gasteiger partial charge in [0.25, 0.3) is 0 Å². The number of rotatable bonds is 3. The van der Waals surface area contributed by atoms with E-state index in [1.807, 2.05) is 13.8 Å². The third-order valence-corrected chi connectivity index (χ3v) is 1.67. The molecular formula is C11H18N2O2. The van der Waals surface area contributed by atoms with Gasteiger partial charge in [0.15, 0.2) is 0 Å². The van der Waals surface area contributed by atoms with E-state index >= 15 is 0 Å². The molecule has 0 saturated heterocycles. The second-order valence-electron chi connectivity index (χ2n) is 3.44. The Hall–Kier alpha value is -1.58. The fourth-order valence-electron chi connectivity index (χ4n) is 1.11. The lowest BCUT2D eigenvalue weighted by Gasteiger charge is -2.14. The first-order chi connectivity index (χ1) is 6.88. The molecule has 4 heteroatoms. The molecule has 0 atom stereocenters. The highest BCUT2D eigenvalue weighted by Gasteiger charge is 2.08. The minimum Gasteiger partial charge on any atom is -0.325 e. The van der Waals surface area contributed by atoms with Gasteiger partial charge >= 0.3 is 0 Å². The minimum absolute atomic E-state index is 0.157. The van der Waals surface area contributed by atoms with Crippen LogP contribution in [0.15, 0.2) is 23.0 Å². The van der Waals surface area contributed by atoms with Crippen LogP contribution in [0.3, 0.4) is 0 Å². The first-order valence-corrected chi connectivity index (χ1v) is 4.77. The number of hydrogen-bond acceptors (Lipinski definition) is 2. The maximum atomic E-state index is 11.0. The summed E-state index contributed by atoms with van der Waals surface area (Å²) in [4.78, 5) is 21.9. The SMILES string of the molecule is CC=C(NC(C)=O)C(NC(C)=O)=C(C)C. The Morgan fingerprint density at radius 1 is 0.933 bits per heavy atom. The minimum atomic E-state index is -0.160. The molecule has 0 saturated carbocycles. The van der Waals surface area contributed by atoms with E-state index in [0.717, 1.165) is 5.57 Å². The highest BCUT2D eigenvalue weighted by atomic mass is 16.2. The molecule has 2 N–H and O–H groups in total. The van der Waals surface area contributed by atoms with E-state index in [4.69, 9.17) is 0 Å². The number of amides is 2. The Balaban J connectivity index is 4.99. The molecule has 0 bridgehead atoms. The molecule has 0 fully saturated rings. The zero-order chi connectivity index (χ0) is 12.0. The molecule has 4 nitrogen and oxygen atoms in total. The summed E-state index contributed by atoms with van der Waals surface area (Å²) in [7, 11) is 0. The van der Waals surface area contributed by atoms with Crippen molar-refractivity contribution in [2.24, 2.45) is 0 Å². The molecule has 0 radical (unpaired) electrons. The summed E-state index contributed by atoms with van der Waals surface area (Å²) in [5.41, 5.74) is 2.21. The summed E-state index contributed by atoms with van der Waals surface area (Å²) in [6.07, 6.45) is 1.75. The van der Waals surface area contributed by atoms with Crippen molar-refractivity contribution in [1.29, 1.82) is 0 Å². The summed E-state index contributed by atoms with van der Waals surface area (Å²) in [6.45, 7) is 8.41. The van der Waals surface area contributed by atoms with Crippen LogP contribution in [-0.2, 0) is 9.59 Å². The summed E-state index contributed by atoms with van der Waals surface area (Å²) < 4.78 is 0. The highest BCUT2D eigenvalue weighted by molar-refractivity contribution is 5.79. The summed E-state index contributed by atoms with van der Waals surface area (Å²) in [5, 5.41) is 5.36. The third-order valence-electron chi connectivity index (χ3n) is 1.67. The molecule has 0 aromatic carbocycles. The Labute approximate surface area is 90.4 Å². The predicted octanol–water partition coefficient (Wildman–Crippen LogP) is 1.46. The lowest BCUT2D eigenvalue weighted by atomic mass is 10.2. The van der Waals surface area contributed by atoms with Crippen LogP contribution in [0.4, 0.5) is 0 Å². The first kappa shape index (κ1) is 13.4. The monoisotopic (exact) mass is 210 g/mol. The molecule has 2 amide bonds. The van der Waals surface area contributed by atoms with Gasteiger partial charge in [-0.3, -0.25) is 9.59 Å². The van der Waals surface area contributed by atoms with Crippen molar-refractivity contribution in [1.82, 2.24) is 10.6 Å². The molecule has 15 heavy (non-hydrogen) atoms. The molecule has 0 aromatic heterocycles. The Morgan fingerprint density at radius 3 is 1.67 bits per heavy atom. The molecule has 0 spiro atoms. The lowest BCUT2D eigenvalue weighted by Crippen LogP contribution is -2.29. The van der Waals surface area contributed by atoms with Crippen LogP contribution in [0.2, 0.25) is 0 Å². The first-order valence-electron chi connectivity index (χ1n) is 4.77. The van der Waals surface area contributed by atoms with Gasteiger partial charge in [-0.05, 0) is 20.8 Å². The Kier molecular flexibility index (Phi) is 5.37. The number of allylic oxidation sites excluding steroid dienone is 2. The fourth-order valence-corrected chi connectivity index (χ4v) is 1.11. The van der Waals surface area contributed by atoms with E-state index in [1.54, 1.807) is 13.0 Å². The summed E-state index contributed by atoms with van der Waals surface area (Å²) in [6, 6.07) is 0. The van der Waals surface area contributed by atoms with Crippen LogP contribution >= 0.6 is 0 Å². The molecule has 0 rings (SSSR count). The summed E-state index contributed by atoms with van der Waals surface area (Å²) >= 11 is 0. The van der Waals surface area contributed by atoms with E-state index in [-0.39, 0.29) is 11.8 Å². The Morgan fingerprint density at radius 2 is 1.40 bits per heavy atom. The van der Waals surface area contributed by atoms with Crippen molar-refractivity contribution < 1.29 is 9.59 Å². The van der Waals surface area contributed by atoms with Gasteiger partial charge in [0.1, 0.15) is 0 Å². The topological polar surface area (TPSA) is 58.2 Å².